The summed E-state index contributed by atoms with van der Waals surface area (Å²) in [5, 5.41) is 3.28. The quantitative estimate of drug-likeness (QED) is 0.881. The third-order valence-corrected chi connectivity index (χ3v) is 8.45. The van der Waals surface area contributed by atoms with Crippen LogP contribution in [0.4, 0.5) is 5.82 Å². The minimum atomic E-state index is -0.0598. The highest BCUT2D eigenvalue weighted by Crippen LogP contribution is 2.68. The Bertz CT molecular complexity index is 751. The number of carbonyl (C=O) groups excluding carboxylic acids is 1. The molecule has 0 aromatic carbocycles. The highest BCUT2D eigenvalue weighted by Gasteiger charge is 2.68. The number of amides is 1. The normalized spacial score (nSPS) is 38.1. The minimum Gasteiger partial charge on any atom is -0.369 e. The van der Waals surface area contributed by atoms with E-state index < -0.39 is 0 Å². The lowest BCUT2D eigenvalue weighted by Crippen LogP contribution is -2.42. The van der Waals surface area contributed by atoms with Gasteiger partial charge in [0.2, 0.25) is 5.91 Å². The number of aromatic nitrogens is 2. The molecule has 3 aliphatic heterocycles. The summed E-state index contributed by atoms with van der Waals surface area (Å²) in [6, 6.07) is 0. The molecule has 27 heavy (non-hydrogen) atoms. The van der Waals surface area contributed by atoms with Gasteiger partial charge in [0.1, 0.15) is 5.82 Å². The summed E-state index contributed by atoms with van der Waals surface area (Å²) >= 11 is 0. The van der Waals surface area contributed by atoms with Crippen molar-refractivity contribution >= 4 is 11.7 Å². The average Bonchev–Trinajstić information content (AvgIpc) is 3.11. The van der Waals surface area contributed by atoms with E-state index >= 15 is 0 Å². The molecule has 5 rings (SSSR count). The van der Waals surface area contributed by atoms with Gasteiger partial charge in [0.15, 0.2) is 0 Å². The molecule has 0 unspecified atom stereocenters. The molecule has 4 aliphatic rings. The molecule has 1 amide bonds. The molecule has 1 aromatic heterocycles. The van der Waals surface area contributed by atoms with Crippen LogP contribution in [0, 0.1) is 28.6 Å². The molecule has 1 saturated carbocycles. The van der Waals surface area contributed by atoms with E-state index in [1.807, 2.05) is 6.20 Å². The van der Waals surface area contributed by atoms with Crippen LogP contribution >= 0.6 is 0 Å². The fraction of sp³-hybridized carbons (Fsp3) is 0.762. The Kier molecular flexibility index (Phi) is 3.50. The van der Waals surface area contributed by atoms with Crippen molar-refractivity contribution in [1.29, 1.82) is 0 Å². The Morgan fingerprint density at radius 2 is 2.07 bits per heavy atom. The van der Waals surface area contributed by atoms with Gasteiger partial charge in [0, 0.05) is 49.8 Å². The molecule has 6 heteroatoms. The van der Waals surface area contributed by atoms with Crippen molar-refractivity contribution in [3.05, 3.63) is 18.6 Å². The molecule has 1 N–H and O–H groups in total. The molecular formula is C21H30N4O2. The number of nitrogens with one attached hydrogen (secondary N) is 1. The molecule has 3 saturated heterocycles. The first-order valence-corrected chi connectivity index (χ1v) is 10.2. The van der Waals surface area contributed by atoms with Crippen LogP contribution in [0.2, 0.25) is 0 Å². The molecular weight excluding hydrogens is 340 g/mol. The van der Waals surface area contributed by atoms with E-state index in [0.29, 0.717) is 17.9 Å². The predicted octanol–water partition coefficient (Wildman–Crippen LogP) is 2.26. The fourth-order valence-corrected chi connectivity index (χ4v) is 6.26. The SMILES string of the molecule is CC1(C)C(C(=O)NC[C@H]2[C@H]3CN(c4cnccn4)C[C@]34CC[C@H]2O4)C1(C)C. The number of rotatable bonds is 4. The topological polar surface area (TPSA) is 67.4 Å². The lowest BCUT2D eigenvalue weighted by atomic mass is 9.73. The molecule has 1 aromatic rings. The van der Waals surface area contributed by atoms with Gasteiger partial charge < -0.3 is 15.0 Å². The molecule has 1 spiro atoms. The number of nitrogens with zero attached hydrogens (tertiary/aromatic N) is 3. The van der Waals surface area contributed by atoms with Crippen molar-refractivity contribution in [3.63, 3.8) is 0 Å². The van der Waals surface area contributed by atoms with Gasteiger partial charge in [-0.2, -0.15) is 0 Å². The number of hydrogen-bond acceptors (Lipinski definition) is 5. The molecule has 4 atom stereocenters. The summed E-state index contributed by atoms with van der Waals surface area (Å²) in [6.45, 7) is 11.3. The Morgan fingerprint density at radius 3 is 2.74 bits per heavy atom. The summed E-state index contributed by atoms with van der Waals surface area (Å²) in [4.78, 5) is 23.8. The second kappa shape index (κ2) is 5.43. The molecule has 4 heterocycles. The summed E-state index contributed by atoms with van der Waals surface area (Å²) in [5.41, 5.74) is 0.106. The standard InChI is InChI=1S/C21H30N4O2/c1-19(2)17(20(19,3)4)18(26)24-9-13-14-11-25(16-10-22-7-8-23-16)12-21(14)6-5-15(13)27-21/h7-8,10,13-15,17H,5-6,9,11-12H2,1-4H3,(H,24,26)/t13-,14+,15+,21+/m0/s1. The second-order valence-corrected chi connectivity index (χ2v) is 10.1. The molecule has 0 radical (unpaired) electrons. The predicted molar refractivity (Wildman–Crippen MR) is 102 cm³/mol. The van der Waals surface area contributed by atoms with E-state index in [-0.39, 0.29) is 28.3 Å². The number of ether oxygens (including phenoxy) is 1. The lowest BCUT2D eigenvalue weighted by molar-refractivity contribution is -0.123. The van der Waals surface area contributed by atoms with E-state index in [4.69, 9.17) is 4.74 Å². The maximum absolute atomic E-state index is 12.8. The first-order chi connectivity index (χ1) is 12.8. The van der Waals surface area contributed by atoms with E-state index in [1.54, 1.807) is 12.4 Å². The van der Waals surface area contributed by atoms with Crippen LogP contribution < -0.4 is 10.2 Å². The van der Waals surface area contributed by atoms with Gasteiger partial charge in [-0.25, -0.2) is 4.98 Å². The Morgan fingerprint density at radius 1 is 1.30 bits per heavy atom. The highest BCUT2D eigenvalue weighted by atomic mass is 16.5. The van der Waals surface area contributed by atoms with E-state index in [1.165, 1.54) is 0 Å². The summed E-state index contributed by atoms with van der Waals surface area (Å²) < 4.78 is 6.50. The number of anilines is 1. The van der Waals surface area contributed by atoms with Gasteiger partial charge in [0.05, 0.1) is 17.9 Å². The van der Waals surface area contributed by atoms with Crippen molar-refractivity contribution in [2.75, 3.05) is 24.5 Å². The van der Waals surface area contributed by atoms with Crippen LogP contribution in [0.15, 0.2) is 18.6 Å². The fourth-order valence-electron chi connectivity index (χ4n) is 6.26. The van der Waals surface area contributed by atoms with Crippen LogP contribution in [-0.2, 0) is 9.53 Å². The van der Waals surface area contributed by atoms with Crippen molar-refractivity contribution in [1.82, 2.24) is 15.3 Å². The van der Waals surface area contributed by atoms with Crippen LogP contribution in [0.25, 0.3) is 0 Å². The van der Waals surface area contributed by atoms with Crippen LogP contribution in [0.3, 0.4) is 0 Å². The zero-order chi connectivity index (χ0) is 19.0. The van der Waals surface area contributed by atoms with Crippen molar-refractivity contribution < 1.29 is 9.53 Å². The van der Waals surface area contributed by atoms with Gasteiger partial charge in [0.25, 0.3) is 0 Å². The summed E-state index contributed by atoms with van der Waals surface area (Å²) in [5.74, 6) is 2.11. The Balaban J connectivity index is 1.27. The molecule has 2 bridgehead atoms. The Labute approximate surface area is 161 Å². The monoisotopic (exact) mass is 370 g/mol. The highest BCUT2D eigenvalue weighted by molar-refractivity contribution is 5.84. The molecule has 1 aliphatic carbocycles. The third-order valence-electron chi connectivity index (χ3n) is 8.45. The molecule has 6 nitrogen and oxygen atoms in total. The maximum Gasteiger partial charge on any atom is 0.224 e. The number of carbonyl (C=O) groups is 1. The average molecular weight is 370 g/mol. The van der Waals surface area contributed by atoms with Crippen LogP contribution in [-0.4, -0.2) is 47.2 Å². The van der Waals surface area contributed by atoms with Crippen molar-refractivity contribution in [2.24, 2.45) is 28.6 Å². The van der Waals surface area contributed by atoms with Crippen LogP contribution in [0.1, 0.15) is 40.5 Å². The van der Waals surface area contributed by atoms with Crippen molar-refractivity contribution in [2.45, 2.75) is 52.2 Å². The smallest absolute Gasteiger partial charge is 0.224 e. The lowest BCUT2D eigenvalue weighted by Gasteiger charge is -2.29. The minimum absolute atomic E-state index is 0.0598. The number of hydrogen-bond donors (Lipinski definition) is 1. The largest absolute Gasteiger partial charge is 0.369 e. The second-order valence-electron chi connectivity index (χ2n) is 10.1. The van der Waals surface area contributed by atoms with Gasteiger partial charge in [-0.05, 0) is 23.7 Å². The van der Waals surface area contributed by atoms with Crippen molar-refractivity contribution in [3.8, 4) is 0 Å². The third kappa shape index (κ3) is 2.31. The summed E-state index contributed by atoms with van der Waals surface area (Å²) in [7, 11) is 0. The zero-order valence-electron chi connectivity index (χ0n) is 16.7. The molecule has 4 fully saturated rings. The van der Waals surface area contributed by atoms with E-state index in [0.717, 1.165) is 38.3 Å². The van der Waals surface area contributed by atoms with Gasteiger partial charge >= 0.3 is 0 Å². The number of fused-ring (bicyclic) bond motifs is 1. The first kappa shape index (κ1) is 17.4. The first-order valence-electron chi connectivity index (χ1n) is 10.2. The van der Waals surface area contributed by atoms with Crippen LogP contribution in [0.5, 0.6) is 0 Å². The van der Waals surface area contributed by atoms with Gasteiger partial charge in [-0.15, -0.1) is 0 Å². The molecule has 146 valence electrons. The van der Waals surface area contributed by atoms with E-state index in [2.05, 4.69) is 47.9 Å². The van der Waals surface area contributed by atoms with Gasteiger partial charge in [-0.3, -0.25) is 9.78 Å². The zero-order valence-corrected chi connectivity index (χ0v) is 16.7. The maximum atomic E-state index is 12.8. The van der Waals surface area contributed by atoms with Gasteiger partial charge in [-0.1, -0.05) is 27.7 Å². The summed E-state index contributed by atoms with van der Waals surface area (Å²) in [6.07, 6.45) is 7.80. The Hall–Kier alpha value is -1.69. The van der Waals surface area contributed by atoms with E-state index in [9.17, 15) is 4.79 Å².